The highest BCUT2D eigenvalue weighted by atomic mass is 31.2. The predicted octanol–water partition coefficient (Wildman–Crippen LogP) is 4.30. The Morgan fingerprint density at radius 1 is 0.960 bits per heavy atom. The van der Waals surface area contributed by atoms with Crippen LogP contribution in [0.3, 0.4) is 0 Å². The Balaban J connectivity index is 1.84. The van der Waals surface area contributed by atoms with Crippen LogP contribution in [0.15, 0.2) is 84.2 Å². The van der Waals surface area contributed by atoms with Gasteiger partial charge in [0.25, 0.3) is 0 Å². The number of aliphatic hydroxyl groups excluding tert-OH is 2. The molecule has 0 amide bonds. The van der Waals surface area contributed by atoms with Crippen LogP contribution in [0.4, 0.5) is 0 Å². The standard InChI is InChI=1S/C20H17O4P/c21-15-7-5-6-14(12-13-15)20(22)25(23)19-11-4-2-9-17(19)16-8-1-3-10-18(16)24-25/h1-4,6-13,20-22H,5H2. The van der Waals surface area contributed by atoms with Crippen molar-refractivity contribution in [3.63, 3.8) is 0 Å². The van der Waals surface area contributed by atoms with E-state index in [-0.39, 0.29) is 5.76 Å². The van der Waals surface area contributed by atoms with Crippen molar-refractivity contribution in [2.45, 2.75) is 12.3 Å². The lowest BCUT2D eigenvalue weighted by Gasteiger charge is -2.32. The van der Waals surface area contributed by atoms with Gasteiger partial charge in [-0.15, -0.1) is 0 Å². The minimum atomic E-state index is -3.60. The summed E-state index contributed by atoms with van der Waals surface area (Å²) in [5.41, 5.74) is 2.14. The number of fused-ring (bicyclic) bond motifs is 3. The molecule has 5 heteroatoms. The Morgan fingerprint density at radius 3 is 2.52 bits per heavy atom. The topological polar surface area (TPSA) is 66.8 Å². The molecule has 0 fully saturated rings. The number of rotatable bonds is 2. The van der Waals surface area contributed by atoms with Gasteiger partial charge in [0.05, 0.1) is 5.30 Å². The van der Waals surface area contributed by atoms with Gasteiger partial charge in [0.2, 0.25) is 0 Å². The summed E-state index contributed by atoms with van der Waals surface area (Å²) >= 11 is 0. The van der Waals surface area contributed by atoms with Gasteiger partial charge in [-0.25, -0.2) is 0 Å². The van der Waals surface area contributed by atoms with E-state index in [1.54, 1.807) is 36.4 Å². The lowest BCUT2D eigenvalue weighted by molar-refractivity contribution is 0.270. The zero-order valence-corrected chi connectivity index (χ0v) is 14.3. The summed E-state index contributed by atoms with van der Waals surface area (Å²) in [5, 5.41) is 21.1. The Morgan fingerprint density at radius 2 is 1.68 bits per heavy atom. The minimum Gasteiger partial charge on any atom is -0.508 e. The van der Waals surface area contributed by atoms with Crippen LogP contribution >= 0.6 is 7.37 Å². The molecule has 1 heterocycles. The normalized spacial score (nSPS) is 22.6. The highest BCUT2D eigenvalue weighted by Crippen LogP contribution is 2.58. The molecular formula is C20H17O4P. The van der Waals surface area contributed by atoms with Crippen LogP contribution in [-0.4, -0.2) is 16.1 Å². The van der Waals surface area contributed by atoms with E-state index in [1.807, 2.05) is 30.3 Å². The van der Waals surface area contributed by atoms with Crippen molar-refractivity contribution in [1.29, 1.82) is 0 Å². The van der Waals surface area contributed by atoms with Crippen LogP contribution in [0.1, 0.15) is 6.42 Å². The molecule has 2 aliphatic rings. The van der Waals surface area contributed by atoms with Crippen molar-refractivity contribution >= 4 is 12.7 Å². The number of para-hydroxylation sites is 1. The van der Waals surface area contributed by atoms with E-state index in [1.165, 1.54) is 6.08 Å². The zero-order valence-electron chi connectivity index (χ0n) is 13.4. The molecule has 0 radical (unpaired) electrons. The van der Waals surface area contributed by atoms with Crippen molar-refractivity contribution in [2.75, 3.05) is 0 Å². The third-order valence-corrected chi connectivity index (χ3v) is 6.87. The van der Waals surface area contributed by atoms with Crippen molar-refractivity contribution in [3.05, 3.63) is 84.2 Å². The second kappa shape index (κ2) is 6.07. The fraction of sp³-hybridized carbons (Fsp3) is 0.100. The second-order valence-electron chi connectivity index (χ2n) is 5.98. The first kappa shape index (κ1) is 15.9. The zero-order chi connectivity index (χ0) is 17.4. The Kier molecular flexibility index (Phi) is 3.87. The van der Waals surface area contributed by atoms with Crippen LogP contribution in [0.2, 0.25) is 0 Å². The molecule has 2 atom stereocenters. The van der Waals surface area contributed by atoms with Crippen molar-refractivity contribution in [2.24, 2.45) is 0 Å². The van der Waals surface area contributed by atoms with Crippen LogP contribution in [0.5, 0.6) is 5.75 Å². The number of hydrogen-bond donors (Lipinski definition) is 2. The molecule has 2 N–H and O–H groups in total. The maximum absolute atomic E-state index is 13.8. The molecule has 2 aromatic carbocycles. The highest BCUT2D eigenvalue weighted by molar-refractivity contribution is 7.68. The molecule has 2 aromatic rings. The number of aliphatic hydroxyl groups is 2. The maximum Gasteiger partial charge on any atom is 0.310 e. The van der Waals surface area contributed by atoms with Crippen molar-refractivity contribution in [1.82, 2.24) is 0 Å². The Labute approximate surface area is 145 Å². The largest absolute Gasteiger partial charge is 0.508 e. The van der Waals surface area contributed by atoms with Gasteiger partial charge >= 0.3 is 7.37 Å². The minimum absolute atomic E-state index is 0.118. The fourth-order valence-electron chi connectivity index (χ4n) is 3.14. The van der Waals surface area contributed by atoms with E-state index in [0.29, 0.717) is 23.0 Å². The summed E-state index contributed by atoms with van der Waals surface area (Å²) in [6.45, 7) is 0. The monoisotopic (exact) mass is 352 g/mol. The van der Waals surface area contributed by atoms with E-state index < -0.39 is 13.2 Å². The van der Waals surface area contributed by atoms with E-state index in [9.17, 15) is 14.8 Å². The first-order chi connectivity index (χ1) is 12.1. The maximum atomic E-state index is 13.8. The summed E-state index contributed by atoms with van der Waals surface area (Å²) in [5.74, 6) is -0.688. The first-order valence-corrected chi connectivity index (χ1v) is 9.72. The number of allylic oxidation sites excluding steroid dienone is 3. The third-order valence-electron chi connectivity index (χ3n) is 4.40. The summed E-state index contributed by atoms with van der Waals surface area (Å²) in [6.07, 6.45) is 6.88. The van der Waals surface area contributed by atoms with Gasteiger partial charge in [-0.3, -0.25) is 4.57 Å². The molecule has 126 valence electrons. The fourth-order valence-corrected chi connectivity index (χ4v) is 5.46. The molecule has 25 heavy (non-hydrogen) atoms. The molecule has 0 spiro atoms. The summed E-state index contributed by atoms with van der Waals surface area (Å²) in [4.78, 5) is 0. The van der Waals surface area contributed by atoms with Gasteiger partial charge in [-0.05, 0) is 41.8 Å². The predicted molar refractivity (Wildman–Crippen MR) is 98.3 cm³/mol. The second-order valence-corrected chi connectivity index (χ2v) is 8.33. The molecular weight excluding hydrogens is 335 g/mol. The molecule has 2 unspecified atom stereocenters. The average Bonchev–Trinajstić information content (AvgIpc) is 2.86. The van der Waals surface area contributed by atoms with Crippen molar-refractivity contribution < 1.29 is 19.3 Å². The van der Waals surface area contributed by atoms with Gasteiger partial charge in [0.1, 0.15) is 11.5 Å². The van der Waals surface area contributed by atoms with E-state index in [0.717, 1.165) is 11.1 Å². The van der Waals surface area contributed by atoms with Crippen LogP contribution in [-0.2, 0) is 4.57 Å². The van der Waals surface area contributed by atoms with E-state index >= 15 is 0 Å². The SMILES string of the molecule is O=P1(C(O)C2=CCC=C(O)C=C2)Oc2ccccc2-c2ccccc21. The molecule has 4 nitrogen and oxygen atoms in total. The van der Waals surface area contributed by atoms with Gasteiger partial charge in [-0.2, -0.15) is 0 Å². The number of hydrogen-bond acceptors (Lipinski definition) is 4. The molecule has 0 bridgehead atoms. The summed E-state index contributed by atoms with van der Waals surface area (Å²) in [7, 11) is -3.60. The quantitative estimate of drug-likeness (QED) is 0.791. The van der Waals surface area contributed by atoms with E-state index in [4.69, 9.17) is 4.52 Å². The molecule has 1 aliphatic heterocycles. The van der Waals surface area contributed by atoms with Gasteiger partial charge in [0, 0.05) is 5.56 Å². The Bertz CT molecular complexity index is 971. The van der Waals surface area contributed by atoms with Crippen LogP contribution < -0.4 is 9.83 Å². The molecule has 0 saturated carbocycles. The highest BCUT2D eigenvalue weighted by Gasteiger charge is 2.43. The van der Waals surface area contributed by atoms with E-state index in [2.05, 4.69) is 0 Å². The van der Waals surface area contributed by atoms with Crippen molar-refractivity contribution in [3.8, 4) is 16.9 Å². The lowest BCUT2D eigenvalue weighted by atomic mass is 10.0. The molecule has 0 saturated heterocycles. The van der Waals surface area contributed by atoms with Gasteiger partial charge in [-0.1, -0.05) is 48.6 Å². The molecule has 4 rings (SSSR count). The summed E-state index contributed by atoms with van der Waals surface area (Å²) < 4.78 is 19.7. The van der Waals surface area contributed by atoms with Gasteiger partial charge < -0.3 is 14.7 Å². The molecule has 1 aliphatic carbocycles. The Hall–Kier alpha value is -2.55. The van der Waals surface area contributed by atoms with Crippen LogP contribution in [0, 0.1) is 0 Å². The smallest absolute Gasteiger partial charge is 0.310 e. The van der Waals surface area contributed by atoms with Crippen LogP contribution in [0.25, 0.3) is 11.1 Å². The molecule has 0 aromatic heterocycles. The first-order valence-electron chi connectivity index (χ1n) is 8.03. The lowest BCUT2D eigenvalue weighted by Crippen LogP contribution is -2.26. The third kappa shape index (κ3) is 2.64. The van der Waals surface area contributed by atoms with Gasteiger partial charge in [0.15, 0.2) is 5.85 Å². The number of benzene rings is 2. The average molecular weight is 352 g/mol. The summed E-state index contributed by atoms with van der Waals surface area (Å²) in [6, 6.07) is 14.7.